The van der Waals surface area contributed by atoms with Crippen LogP contribution < -0.4 is 20.9 Å². The molecule has 9 heteroatoms. The van der Waals surface area contributed by atoms with Crippen molar-refractivity contribution in [1.82, 2.24) is 10.9 Å². The minimum atomic E-state index is -0.515. The summed E-state index contributed by atoms with van der Waals surface area (Å²) < 4.78 is 5.53. The number of hydrogen-bond donors (Lipinski definition) is 3. The van der Waals surface area contributed by atoms with Gasteiger partial charge in [0.25, 0.3) is 5.91 Å². The van der Waals surface area contributed by atoms with Crippen LogP contribution in [0.2, 0.25) is 10.0 Å². The fraction of sp³-hybridized carbons (Fsp3) is 0.286. The molecule has 0 bridgehead atoms. The number of hydrazine groups is 1. The van der Waals surface area contributed by atoms with Gasteiger partial charge in [-0.1, -0.05) is 55.2 Å². The average molecular weight is 452 g/mol. The zero-order chi connectivity index (χ0) is 22.1. The molecule has 2 rings (SSSR count). The van der Waals surface area contributed by atoms with E-state index >= 15 is 0 Å². The molecule has 3 amide bonds. The zero-order valence-corrected chi connectivity index (χ0v) is 18.1. The lowest BCUT2D eigenvalue weighted by atomic mass is 10.0. The molecule has 0 saturated carbocycles. The van der Waals surface area contributed by atoms with E-state index in [9.17, 15) is 14.4 Å². The fourth-order valence-electron chi connectivity index (χ4n) is 2.50. The molecular weight excluding hydrogens is 429 g/mol. The van der Waals surface area contributed by atoms with Crippen LogP contribution in [0, 0.1) is 0 Å². The summed E-state index contributed by atoms with van der Waals surface area (Å²) in [6, 6.07) is 12.1. The standard InChI is InChI=1S/C21H23Cl2N3O4/c1-13(2)15-5-3-4-6-18(15)30-12-21(29)26-25-20(28)10-9-19(27)24-17-8-7-14(22)11-16(17)23/h3-8,11,13H,9-10,12H2,1-2H3,(H,24,27)(H,25,28)(H,26,29). The summed E-state index contributed by atoms with van der Waals surface area (Å²) >= 11 is 11.8. The molecule has 0 saturated heterocycles. The summed E-state index contributed by atoms with van der Waals surface area (Å²) in [6.07, 6.45) is -0.201. The van der Waals surface area contributed by atoms with Crippen LogP contribution in [-0.2, 0) is 14.4 Å². The summed E-state index contributed by atoms with van der Waals surface area (Å²) in [4.78, 5) is 35.7. The molecule has 0 aliphatic carbocycles. The van der Waals surface area contributed by atoms with Crippen LogP contribution in [0.15, 0.2) is 42.5 Å². The van der Waals surface area contributed by atoms with Crippen LogP contribution in [0.4, 0.5) is 5.69 Å². The van der Waals surface area contributed by atoms with Crippen molar-refractivity contribution < 1.29 is 19.1 Å². The number of carbonyl (C=O) groups excluding carboxylic acids is 3. The van der Waals surface area contributed by atoms with Gasteiger partial charge in [0.15, 0.2) is 6.61 Å². The van der Waals surface area contributed by atoms with Crippen molar-refractivity contribution in [1.29, 1.82) is 0 Å². The molecule has 0 fully saturated rings. The van der Waals surface area contributed by atoms with E-state index < -0.39 is 17.7 Å². The molecule has 3 N–H and O–H groups in total. The van der Waals surface area contributed by atoms with E-state index in [1.165, 1.54) is 6.07 Å². The van der Waals surface area contributed by atoms with Crippen molar-refractivity contribution in [2.24, 2.45) is 0 Å². The molecule has 2 aromatic carbocycles. The normalized spacial score (nSPS) is 10.4. The molecule has 0 radical (unpaired) electrons. The summed E-state index contributed by atoms with van der Waals surface area (Å²) in [5, 5.41) is 3.34. The van der Waals surface area contributed by atoms with Crippen molar-refractivity contribution in [3.8, 4) is 5.75 Å². The zero-order valence-electron chi connectivity index (χ0n) is 16.6. The maximum Gasteiger partial charge on any atom is 0.276 e. The van der Waals surface area contributed by atoms with Gasteiger partial charge in [0.05, 0.1) is 10.7 Å². The monoisotopic (exact) mass is 451 g/mol. The molecule has 0 aliphatic rings. The maximum absolute atomic E-state index is 11.9. The Morgan fingerprint density at radius 1 is 0.933 bits per heavy atom. The van der Waals surface area contributed by atoms with Gasteiger partial charge in [-0.05, 0) is 35.7 Å². The first-order valence-electron chi connectivity index (χ1n) is 9.30. The largest absolute Gasteiger partial charge is 0.483 e. The molecule has 0 aromatic heterocycles. The molecule has 0 spiro atoms. The Bertz CT molecular complexity index is 919. The number of benzene rings is 2. The highest BCUT2D eigenvalue weighted by molar-refractivity contribution is 6.36. The van der Waals surface area contributed by atoms with Gasteiger partial charge in [0, 0.05) is 17.9 Å². The fourth-order valence-corrected chi connectivity index (χ4v) is 2.96. The first-order valence-corrected chi connectivity index (χ1v) is 10.1. The first kappa shape index (κ1) is 23.5. The van der Waals surface area contributed by atoms with Crippen LogP contribution >= 0.6 is 23.2 Å². The second-order valence-corrected chi connectivity index (χ2v) is 7.59. The third-order valence-corrected chi connectivity index (χ3v) is 4.57. The summed E-state index contributed by atoms with van der Waals surface area (Å²) in [6.45, 7) is 3.80. The summed E-state index contributed by atoms with van der Waals surface area (Å²) in [5.41, 5.74) is 5.90. The number of para-hydroxylation sites is 1. The predicted octanol–water partition coefficient (Wildman–Crippen LogP) is 4.06. The van der Waals surface area contributed by atoms with Gasteiger partial charge in [0.1, 0.15) is 5.75 Å². The molecule has 0 heterocycles. The minimum absolute atomic E-state index is 0.0844. The third kappa shape index (κ3) is 7.57. The van der Waals surface area contributed by atoms with E-state index in [-0.39, 0.29) is 25.4 Å². The smallest absolute Gasteiger partial charge is 0.276 e. The molecule has 2 aromatic rings. The Labute approximate surface area is 185 Å². The van der Waals surface area contributed by atoms with Gasteiger partial charge in [-0.25, -0.2) is 0 Å². The Hall–Kier alpha value is -2.77. The Morgan fingerprint density at radius 3 is 2.30 bits per heavy atom. The quantitative estimate of drug-likeness (QED) is 0.527. The predicted molar refractivity (Wildman–Crippen MR) is 117 cm³/mol. The Balaban J connectivity index is 1.70. The number of anilines is 1. The first-order chi connectivity index (χ1) is 14.3. The maximum atomic E-state index is 11.9. The van der Waals surface area contributed by atoms with Crippen LogP contribution in [0.25, 0.3) is 0 Å². The topological polar surface area (TPSA) is 96.5 Å². The number of halogens is 2. The third-order valence-electron chi connectivity index (χ3n) is 4.03. The van der Waals surface area contributed by atoms with E-state index in [1.807, 2.05) is 32.0 Å². The van der Waals surface area contributed by atoms with Crippen LogP contribution in [0.3, 0.4) is 0 Å². The van der Waals surface area contributed by atoms with Crippen molar-refractivity contribution in [2.45, 2.75) is 32.6 Å². The number of carbonyl (C=O) groups is 3. The lowest BCUT2D eigenvalue weighted by Gasteiger charge is -2.14. The van der Waals surface area contributed by atoms with Gasteiger partial charge in [-0.15, -0.1) is 0 Å². The molecular formula is C21H23Cl2N3O4. The molecule has 30 heavy (non-hydrogen) atoms. The highest BCUT2D eigenvalue weighted by atomic mass is 35.5. The van der Waals surface area contributed by atoms with Gasteiger partial charge in [-0.3, -0.25) is 25.2 Å². The van der Waals surface area contributed by atoms with Gasteiger partial charge < -0.3 is 10.1 Å². The molecule has 160 valence electrons. The molecule has 0 atom stereocenters. The van der Waals surface area contributed by atoms with Gasteiger partial charge in [-0.2, -0.15) is 0 Å². The SMILES string of the molecule is CC(C)c1ccccc1OCC(=O)NNC(=O)CCC(=O)Nc1ccc(Cl)cc1Cl. The van der Waals surface area contributed by atoms with E-state index in [0.717, 1.165) is 5.56 Å². The van der Waals surface area contributed by atoms with Crippen LogP contribution in [-0.4, -0.2) is 24.3 Å². The molecule has 7 nitrogen and oxygen atoms in total. The van der Waals surface area contributed by atoms with E-state index in [1.54, 1.807) is 18.2 Å². The second kappa shape index (κ2) is 11.4. The Kier molecular flexibility index (Phi) is 8.95. The number of hydrogen-bond acceptors (Lipinski definition) is 4. The van der Waals surface area contributed by atoms with E-state index in [4.69, 9.17) is 27.9 Å². The van der Waals surface area contributed by atoms with Crippen molar-refractivity contribution in [3.63, 3.8) is 0 Å². The van der Waals surface area contributed by atoms with Gasteiger partial charge in [0.2, 0.25) is 11.8 Å². The van der Waals surface area contributed by atoms with Crippen LogP contribution in [0.1, 0.15) is 38.2 Å². The lowest BCUT2D eigenvalue weighted by molar-refractivity contribution is -0.130. The number of ether oxygens (including phenoxy) is 1. The Morgan fingerprint density at radius 2 is 1.60 bits per heavy atom. The highest BCUT2D eigenvalue weighted by Crippen LogP contribution is 2.26. The summed E-state index contributed by atoms with van der Waals surface area (Å²) in [7, 11) is 0. The molecule has 0 aliphatic heterocycles. The van der Waals surface area contributed by atoms with Crippen molar-refractivity contribution >= 4 is 46.6 Å². The number of nitrogens with one attached hydrogen (secondary N) is 3. The highest BCUT2D eigenvalue weighted by Gasteiger charge is 2.12. The van der Waals surface area contributed by atoms with E-state index in [2.05, 4.69) is 16.2 Å². The number of rotatable bonds is 8. The molecule has 0 unspecified atom stereocenters. The lowest BCUT2D eigenvalue weighted by Crippen LogP contribution is -2.44. The van der Waals surface area contributed by atoms with Crippen LogP contribution in [0.5, 0.6) is 5.75 Å². The number of amides is 3. The van der Waals surface area contributed by atoms with Crippen molar-refractivity contribution in [2.75, 3.05) is 11.9 Å². The minimum Gasteiger partial charge on any atom is -0.483 e. The van der Waals surface area contributed by atoms with Gasteiger partial charge >= 0.3 is 0 Å². The summed E-state index contributed by atoms with van der Waals surface area (Å²) in [5.74, 6) is -0.554. The second-order valence-electron chi connectivity index (χ2n) is 6.75. The van der Waals surface area contributed by atoms with E-state index in [0.29, 0.717) is 21.5 Å². The average Bonchev–Trinajstić information content (AvgIpc) is 2.71. The van der Waals surface area contributed by atoms with Crippen molar-refractivity contribution in [3.05, 3.63) is 58.1 Å².